The number of hydrogen-bond acceptors (Lipinski definition) is 2. The van der Waals surface area contributed by atoms with E-state index >= 15 is 0 Å². The van der Waals surface area contributed by atoms with E-state index in [2.05, 4.69) is 54.4 Å². The Kier molecular flexibility index (Phi) is 3.48. The number of hydrogen-bond donors (Lipinski definition) is 1. The molecule has 0 saturated carbocycles. The topological polar surface area (TPSA) is 38.9 Å². The highest BCUT2D eigenvalue weighted by Crippen LogP contribution is 2.32. The van der Waals surface area contributed by atoms with Crippen molar-refractivity contribution in [1.29, 1.82) is 0 Å². The third-order valence-corrected chi connectivity index (χ3v) is 3.94. The first-order valence-electron chi connectivity index (χ1n) is 6.90. The summed E-state index contributed by atoms with van der Waals surface area (Å²) in [7, 11) is 0. The maximum atomic E-state index is 6.52. The Hall–Kier alpha value is -2.19. The fourth-order valence-corrected chi connectivity index (χ4v) is 2.67. The lowest BCUT2D eigenvalue weighted by atomic mass is 9.87. The van der Waals surface area contributed by atoms with Crippen LogP contribution in [0, 0.1) is 0 Å². The molecule has 3 rings (SSSR count). The van der Waals surface area contributed by atoms with Crippen molar-refractivity contribution in [3.63, 3.8) is 0 Å². The van der Waals surface area contributed by atoms with Gasteiger partial charge in [-0.25, -0.2) is 0 Å². The molecule has 20 heavy (non-hydrogen) atoms. The molecule has 2 nitrogen and oxygen atoms in total. The zero-order valence-corrected chi connectivity index (χ0v) is 11.5. The third-order valence-electron chi connectivity index (χ3n) is 3.94. The number of pyridine rings is 1. The molecule has 1 heterocycles. The van der Waals surface area contributed by atoms with E-state index < -0.39 is 0 Å². The third kappa shape index (κ3) is 2.30. The largest absolute Gasteiger partial charge is 0.323 e. The van der Waals surface area contributed by atoms with Crippen LogP contribution in [0.3, 0.4) is 0 Å². The van der Waals surface area contributed by atoms with Crippen LogP contribution in [0.5, 0.6) is 0 Å². The van der Waals surface area contributed by atoms with E-state index in [9.17, 15) is 0 Å². The first kappa shape index (κ1) is 12.8. The minimum absolute atomic E-state index is 0.0245. The fraction of sp³-hybridized carbons (Fsp3) is 0.167. The standard InChI is InChI=1S/C18H18N2/c1-13(14-6-3-2-4-7-14)18(19)17-9-5-8-15-12-20-11-10-16(15)17/h2-13,18H,19H2,1H3. The minimum atomic E-state index is -0.0245. The first-order valence-corrected chi connectivity index (χ1v) is 6.90. The van der Waals surface area contributed by atoms with Crippen molar-refractivity contribution in [2.45, 2.75) is 18.9 Å². The zero-order valence-electron chi connectivity index (χ0n) is 11.5. The van der Waals surface area contributed by atoms with Crippen LogP contribution in [0.4, 0.5) is 0 Å². The maximum absolute atomic E-state index is 6.52. The molecule has 0 aliphatic rings. The lowest BCUT2D eigenvalue weighted by molar-refractivity contribution is 0.602. The molecule has 0 aliphatic heterocycles. The molecule has 0 radical (unpaired) electrons. The highest BCUT2D eigenvalue weighted by atomic mass is 14.7. The van der Waals surface area contributed by atoms with Gasteiger partial charge >= 0.3 is 0 Å². The summed E-state index contributed by atoms with van der Waals surface area (Å²) in [4.78, 5) is 4.18. The molecule has 2 unspecified atom stereocenters. The fourth-order valence-electron chi connectivity index (χ4n) is 2.67. The molecule has 0 aliphatic carbocycles. The molecule has 0 amide bonds. The number of rotatable bonds is 3. The summed E-state index contributed by atoms with van der Waals surface area (Å²) in [6.07, 6.45) is 3.71. The molecule has 1 aromatic heterocycles. The lowest BCUT2D eigenvalue weighted by Gasteiger charge is -2.22. The highest BCUT2D eigenvalue weighted by Gasteiger charge is 2.18. The monoisotopic (exact) mass is 262 g/mol. The molecule has 2 N–H and O–H groups in total. The lowest BCUT2D eigenvalue weighted by Crippen LogP contribution is -2.18. The van der Waals surface area contributed by atoms with E-state index in [1.54, 1.807) is 0 Å². The molecular formula is C18H18N2. The average Bonchev–Trinajstić information content (AvgIpc) is 2.54. The van der Waals surface area contributed by atoms with Gasteiger partial charge in [-0.1, -0.05) is 55.5 Å². The van der Waals surface area contributed by atoms with Gasteiger partial charge in [0.05, 0.1) is 0 Å². The molecule has 0 bridgehead atoms. The van der Waals surface area contributed by atoms with Crippen LogP contribution in [-0.2, 0) is 0 Å². The molecule has 3 aromatic rings. The summed E-state index contributed by atoms with van der Waals surface area (Å²) in [5.74, 6) is 0.273. The Labute approximate surface area is 119 Å². The Morgan fingerprint density at radius 1 is 0.950 bits per heavy atom. The molecule has 0 fully saturated rings. The van der Waals surface area contributed by atoms with Crippen molar-refractivity contribution in [3.8, 4) is 0 Å². The van der Waals surface area contributed by atoms with E-state index in [-0.39, 0.29) is 12.0 Å². The highest BCUT2D eigenvalue weighted by molar-refractivity contribution is 5.85. The van der Waals surface area contributed by atoms with Gasteiger partial charge in [0, 0.05) is 29.7 Å². The van der Waals surface area contributed by atoms with Crippen LogP contribution in [0.2, 0.25) is 0 Å². The van der Waals surface area contributed by atoms with Gasteiger partial charge in [0.15, 0.2) is 0 Å². The Morgan fingerprint density at radius 2 is 1.75 bits per heavy atom. The molecule has 0 saturated heterocycles. The summed E-state index contributed by atoms with van der Waals surface area (Å²) >= 11 is 0. The van der Waals surface area contributed by atoms with Crippen LogP contribution < -0.4 is 5.73 Å². The van der Waals surface area contributed by atoms with Crippen molar-refractivity contribution >= 4 is 10.8 Å². The summed E-state index contributed by atoms with van der Waals surface area (Å²) in [5, 5.41) is 2.33. The van der Waals surface area contributed by atoms with Gasteiger partial charge in [-0.3, -0.25) is 4.98 Å². The van der Waals surface area contributed by atoms with Crippen molar-refractivity contribution in [1.82, 2.24) is 4.98 Å². The van der Waals surface area contributed by atoms with Gasteiger partial charge in [0.2, 0.25) is 0 Å². The minimum Gasteiger partial charge on any atom is -0.323 e. The second-order valence-electron chi connectivity index (χ2n) is 5.17. The van der Waals surface area contributed by atoms with Gasteiger partial charge in [-0.2, -0.15) is 0 Å². The predicted octanol–water partition coefficient (Wildman–Crippen LogP) is 4.04. The van der Waals surface area contributed by atoms with Crippen molar-refractivity contribution in [2.75, 3.05) is 0 Å². The summed E-state index contributed by atoms with van der Waals surface area (Å²) in [6.45, 7) is 2.18. The summed E-state index contributed by atoms with van der Waals surface area (Å²) in [6, 6.07) is 18.7. The van der Waals surface area contributed by atoms with Crippen LogP contribution in [-0.4, -0.2) is 4.98 Å². The number of fused-ring (bicyclic) bond motifs is 1. The quantitative estimate of drug-likeness (QED) is 0.773. The average molecular weight is 262 g/mol. The molecule has 2 heteroatoms. The van der Waals surface area contributed by atoms with Crippen molar-refractivity contribution in [2.24, 2.45) is 5.73 Å². The number of nitrogens with two attached hydrogens (primary N) is 1. The normalized spacial score (nSPS) is 14.1. The predicted molar refractivity (Wildman–Crippen MR) is 83.5 cm³/mol. The number of aromatic nitrogens is 1. The van der Waals surface area contributed by atoms with Crippen molar-refractivity contribution in [3.05, 3.63) is 78.1 Å². The van der Waals surface area contributed by atoms with Crippen molar-refractivity contribution < 1.29 is 0 Å². The van der Waals surface area contributed by atoms with Gasteiger partial charge in [0.25, 0.3) is 0 Å². The molecule has 0 spiro atoms. The molecule has 100 valence electrons. The SMILES string of the molecule is CC(c1ccccc1)C(N)c1cccc2cnccc12. The van der Waals surface area contributed by atoms with E-state index in [4.69, 9.17) is 5.73 Å². The van der Waals surface area contributed by atoms with Crippen LogP contribution >= 0.6 is 0 Å². The second kappa shape index (κ2) is 5.43. The first-order chi connectivity index (χ1) is 9.77. The molecular weight excluding hydrogens is 244 g/mol. The summed E-state index contributed by atoms with van der Waals surface area (Å²) < 4.78 is 0. The molecule has 2 atom stereocenters. The zero-order chi connectivity index (χ0) is 13.9. The number of nitrogens with zero attached hydrogens (tertiary/aromatic N) is 1. The van der Waals surface area contributed by atoms with Gasteiger partial charge in [0.1, 0.15) is 0 Å². The van der Waals surface area contributed by atoms with Gasteiger partial charge in [-0.15, -0.1) is 0 Å². The Morgan fingerprint density at radius 3 is 2.55 bits per heavy atom. The van der Waals surface area contributed by atoms with E-state index in [1.165, 1.54) is 16.5 Å². The van der Waals surface area contributed by atoms with Crippen LogP contribution in [0.25, 0.3) is 10.8 Å². The maximum Gasteiger partial charge on any atom is 0.0368 e. The summed E-state index contributed by atoms with van der Waals surface area (Å²) in [5.41, 5.74) is 8.97. The molecule has 2 aromatic carbocycles. The van der Waals surface area contributed by atoms with Crippen LogP contribution in [0.15, 0.2) is 67.0 Å². The Bertz CT molecular complexity index is 701. The Balaban J connectivity index is 2.03. The number of benzene rings is 2. The smallest absolute Gasteiger partial charge is 0.0368 e. The van der Waals surface area contributed by atoms with Crippen LogP contribution in [0.1, 0.15) is 30.0 Å². The second-order valence-corrected chi connectivity index (χ2v) is 5.17. The van der Waals surface area contributed by atoms with E-state index in [0.717, 1.165) is 5.39 Å². The van der Waals surface area contributed by atoms with Gasteiger partial charge in [-0.05, 0) is 22.6 Å². The van der Waals surface area contributed by atoms with E-state index in [0.29, 0.717) is 0 Å². The van der Waals surface area contributed by atoms with E-state index in [1.807, 2.05) is 24.5 Å². The van der Waals surface area contributed by atoms with Gasteiger partial charge < -0.3 is 5.73 Å².